The maximum absolute atomic E-state index is 12.5. The van der Waals surface area contributed by atoms with Gasteiger partial charge in [-0.05, 0) is 48.3 Å². The third-order valence-electron chi connectivity index (χ3n) is 6.79. The van der Waals surface area contributed by atoms with Crippen LogP contribution in [0.25, 0.3) is 11.3 Å². The Bertz CT molecular complexity index is 1090. The number of carbonyl (C=O) groups is 1. The molecule has 1 aromatic heterocycles. The van der Waals surface area contributed by atoms with Crippen LogP contribution < -0.4 is 10.2 Å². The van der Waals surface area contributed by atoms with E-state index in [1.807, 2.05) is 16.7 Å². The summed E-state index contributed by atoms with van der Waals surface area (Å²) in [6, 6.07) is 5.21. The molecule has 1 saturated carbocycles. The number of rotatable bonds is 6. The van der Waals surface area contributed by atoms with Crippen molar-refractivity contribution in [3.8, 4) is 17.0 Å². The summed E-state index contributed by atoms with van der Waals surface area (Å²) < 4.78 is 13.4. The highest BCUT2D eigenvalue weighted by atomic mass is 16.5. The molecule has 1 aliphatic heterocycles. The van der Waals surface area contributed by atoms with Gasteiger partial charge in [-0.25, -0.2) is 4.79 Å². The lowest BCUT2D eigenvalue weighted by Gasteiger charge is -2.39. The van der Waals surface area contributed by atoms with E-state index in [4.69, 9.17) is 9.47 Å². The van der Waals surface area contributed by atoms with Gasteiger partial charge in [-0.15, -0.1) is 0 Å². The minimum absolute atomic E-state index is 0.0365. The zero-order chi connectivity index (χ0) is 23.2. The van der Waals surface area contributed by atoms with Crippen LogP contribution in [0, 0.1) is 11.3 Å². The minimum atomic E-state index is -1.23. The van der Waals surface area contributed by atoms with Gasteiger partial charge in [-0.3, -0.25) is 4.79 Å². The molecule has 2 aliphatic rings. The summed E-state index contributed by atoms with van der Waals surface area (Å²) >= 11 is 0. The first kappa shape index (κ1) is 22.6. The molecule has 1 fully saturated rings. The summed E-state index contributed by atoms with van der Waals surface area (Å²) in [5.74, 6) is -0.119. The Balaban J connectivity index is 1.75. The van der Waals surface area contributed by atoms with E-state index >= 15 is 0 Å². The molecule has 172 valence electrons. The largest absolute Gasteiger partial charge is 0.493 e. The summed E-state index contributed by atoms with van der Waals surface area (Å²) in [5, 5.41) is 19.5. The van der Waals surface area contributed by atoms with E-state index in [1.54, 1.807) is 7.11 Å². The predicted octanol–water partition coefficient (Wildman–Crippen LogP) is 3.65. The van der Waals surface area contributed by atoms with Crippen LogP contribution in [0.3, 0.4) is 0 Å². The molecule has 2 heterocycles. The number of benzene rings is 1. The Morgan fingerprint density at radius 2 is 1.94 bits per heavy atom. The fraction of sp³-hybridized carbons (Fsp3) is 0.520. The minimum Gasteiger partial charge on any atom is -0.493 e. The van der Waals surface area contributed by atoms with E-state index in [1.165, 1.54) is 12.3 Å². The third-order valence-corrected chi connectivity index (χ3v) is 6.79. The second kappa shape index (κ2) is 8.37. The van der Waals surface area contributed by atoms with Crippen molar-refractivity contribution in [1.29, 1.82) is 0 Å². The molecule has 0 radical (unpaired) electrons. The molecule has 0 bridgehead atoms. The maximum atomic E-state index is 12.5. The third kappa shape index (κ3) is 4.07. The number of aromatic carboxylic acids is 1. The van der Waals surface area contributed by atoms with Crippen LogP contribution in [0.5, 0.6) is 5.75 Å². The highest BCUT2D eigenvalue weighted by Gasteiger charge is 2.34. The summed E-state index contributed by atoms with van der Waals surface area (Å²) in [5.41, 5.74) is 2.26. The molecule has 7 heteroatoms. The molecule has 4 rings (SSSR count). The molecular formula is C25H31NO6. The van der Waals surface area contributed by atoms with Crippen molar-refractivity contribution in [3.05, 3.63) is 51.3 Å². The zero-order valence-electron chi connectivity index (χ0n) is 19.1. The Kier molecular flexibility index (Phi) is 5.90. The lowest BCUT2D eigenvalue weighted by atomic mass is 9.78. The number of aliphatic hydroxyl groups excluding tert-OH is 1. The number of hydrogen-bond donors (Lipinski definition) is 2. The van der Waals surface area contributed by atoms with Crippen LogP contribution in [0.15, 0.2) is 29.2 Å². The topological polar surface area (TPSA) is 98.0 Å². The van der Waals surface area contributed by atoms with E-state index in [0.717, 1.165) is 24.0 Å². The number of pyridine rings is 1. The van der Waals surface area contributed by atoms with Gasteiger partial charge in [0.05, 0.1) is 25.0 Å². The molecule has 0 spiro atoms. The second-order valence-corrected chi connectivity index (χ2v) is 10.0. The van der Waals surface area contributed by atoms with Crippen molar-refractivity contribution in [2.75, 3.05) is 13.7 Å². The normalized spacial score (nSPS) is 22.0. The lowest BCUT2D eigenvalue weighted by Crippen LogP contribution is -2.34. The van der Waals surface area contributed by atoms with Gasteiger partial charge < -0.3 is 24.3 Å². The van der Waals surface area contributed by atoms with Crippen LogP contribution in [0.2, 0.25) is 0 Å². The average Bonchev–Trinajstić information content (AvgIpc) is 2.70. The highest BCUT2D eigenvalue weighted by Crippen LogP contribution is 2.44. The molecule has 32 heavy (non-hydrogen) atoms. The standard InChI is InChI=1S/C25H31NO6/c1-25(2,3)23-9-15-8-22(32-13-14-5-17(6-14)31-4)16(12-27)7-18(15)20-10-21(28)19(24(29)30)11-26(20)23/h7-8,10-11,14,17,23,27H,5-6,9,12-13H2,1-4H3,(H,29,30). The number of hydrogen-bond acceptors (Lipinski definition) is 5. The zero-order valence-corrected chi connectivity index (χ0v) is 19.1. The Hall–Kier alpha value is -2.64. The number of ether oxygens (including phenoxy) is 2. The molecule has 1 unspecified atom stereocenters. The van der Waals surface area contributed by atoms with E-state index in [-0.39, 0.29) is 23.6 Å². The molecule has 1 atom stereocenters. The van der Waals surface area contributed by atoms with Crippen molar-refractivity contribution >= 4 is 5.97 Å². The van der Waals surface area contributed by atoms with Crippen LogP contribution >= 0.6 is 0 Å². The number of carboxylic acid groups (broad SMARTS) is 1. The Morgan fingerprint density at radius 3 is 2.53 bits per heavy atom. The fourth-order valence-electron chi connectivity index (χ4n) is 4.76. The van der Waals surface area contributed by atoms with Crippen LogP contribution in [-0.2, 0) is 17.8 Å². The monoisotopic (exact) mass is 441 g/mol. The summed E-state index contributed by atoms with van der Waals surface area (Å²) in [4.78, 5) is 24.1. The van der Waals surface area contributed by atoms with E-state index in [9.17, 15) is 19.8 Å². The number of aliphatic hydroxyl groups is 1. The molecule has 2 aromatic rings. The molecule has 1 aliphatic carbocycles. The van der Waals surface area contributed by atoms with E-state index in [0.29, 0.717) is 42.1 Å². The van der Waals surface area contributed by atoms with Gasteiger partial charge in [0, 0.05) is 36.5 Å². The summed E-state index contributed by atoms with van der Waals surface area (Å²) in [6.45, 7) is 6.70. The predicted molar refractivity (Wildman–Crippen MR) is 120 cm³/mol. The molecule has 0 saturated heterocycles. The van der Waals surface area contributed by atoms with E-state index in [2.05, 4.69) is 20.8 Å². The van der Waals surface area contributed by atoms with Crippen molar-refractivity contribution in [3.63, 3.8) is 0 Å². The molecular weight excluding hydrogens is 410 g/mol. The Labute approximate surface area is 187 Å². The molecule has 2 N–H and O–H groups in total. The van der Waals surface area contributed by atoms with Gasteiger partial charge >= 0.3 is 5.97 Å². The van der Waals surface area contributed by atoms with Crippen LogP contribution in [0.4, 0.5) is 0 Å². The first-order chi connectivity index (χ1) is 15.1. The number of aromatic nitrogens is 1. The van der Waals surface area contributed by atoms with Crippen LogP contribution in [0.1, 0.15) is 61.1 Å². The van der Waals surface area contributed by atoms with Crippen molar-refractivity contribution in [2.45, 2.75) is 58.8 Å². The van der Waals surface area contributed by atoms with Gasteiger partial charge in [0.25, 0.3) is 0 Å². The first-order valence-corrected chi connectivity index (χ1v) is 11.0. The van der Waals surface area contributed by atoms with Crippen molar-refractivity contribution in [2.24, 2.45) is 11.3 Å². The lowest BCUT2D eigenvalue weighted by molar-refractivity contribution is -0.0144. The van der Waals surface area contributed by atoms with Gasteiger partial charge in [-0.2, -0.15) is 0 Å². The van der Waals surface area contributed by atoms with Crippen molar-refractivity contribution in [1.82, 2.24) is 4.57 Å². The number of carboxylic acids is 1. The van der Waals surface area contributed by atoms with Gasteiger partial charge in [0.15, 0.2) is 5.43 Å². The average molecular weight is 442 g/mol. The maximum Gasteiger partial charge on any atom is 0.341 e. The van der Waals surface area contributed by atoms with Gasteiger partial charge in [0.1, 0.15) is 11.3 Å². The Morgan fingerprint density at radius 1 is 1.22 bits per heavy atom. The number of fused-ring (bicyclic) bond motifs is 3. The number of nitrogens with zero attached hydrogens (tertiary/aromatic N) is 1. The summed E-state index contributed by atoms with van der Waals surface area (Å²) in [7, 11) is 1.73. The SMILES string of the molecule is COC1CC(COc2cc3c(cc2CO)-c2cc(=O)c(C(=O)O)cn2C(C(C)(C)C)C3)C1. The van der Waals surface area contributed by atoms with Gasteiger partial charge in [0.2, 0.25) is 0 Å². The van der Waals surface area contributed by atoms with Crippen molar-refractivity contribution < 1.29 is 24.5 Å². The summed E-state index contributed by atoms with van der Waals surface area (Å²) in [6.07, 6.45) is 4.40. The smallest absolute Gasteiger partial charge is 0.341 e. The molecule has 7 nitrogen and oxygen atoms in total. The molecule has 1 aromatic carbocycles. The van der Waals surface area contributed by atoms with Gasteiger partial charge in [-0.1, -0.05) is 20.8 Å². The fourth-order valence-corrected chi connectivity index (χ4v) is 4.76. The quantitative estimate of drug-likeness (QED) is 0.710. The first-order valence-electron chi connectivity index (χ1n) is 11.0. The molecule has 0 amide bonds. The second-order valence-electron chi connectivity index (χ2n) is 10.0. The number of methoxy groups -OCH3 is 1. The van der Waals surface area contributed by atoms with Crippen LogP contribution in [-0.4, -0.2) is 40.6 Å². The van der Waals surface area contributed by atoms with E-state index < -0.39 is 11.4 Å². The highest BCUT2D eigenvalue weighted by molar-refractivity contribution is 5.87.